The van der Waals surface area contributed by atoms with Crippen molar-refractivity contribution in [3.63, 3.8) is 0 Å². The molecule has 0 saturated carbocycles. The Morgan fingerprint density at radius 3 is 1.32 bits per heavy atom. The smallest absolute Gasteiger partial charge is 0.328 e. The number of aromatic nitrogens is 3. The van der Waals surface area contributed by atoms with E-state index in [1.165, 1.54) is 134 Å². The average molecular weight is 2060 g/mol. The van der Waals surface area contributed by atoms with Crippen molar-refractivity contribution in [2.45, 2.75) is 286 Å². The molecule has 15 atom stereocenters. The minimum atomic E-state index is -2.39. The topological polar surface area (TPSA) is 599 Å². The second-order valence-electron chi connectivity index (χ2n) is 35.8. The summed E-state index contributed by atoms with van der Waals surface area (Å²) in [6.07, 6.45) is 6.90. The molecule has 2 saturated heterocycles. The Balaban J connectivity index is 0.000000362. The van der Waals surface area contributed by atoms with Crippen LogP contribution in [-0.4, -0.2) is 296 Å². The lowest BCUT2D eigenvalue weighted by Crippen LogP contribution is -2.60. The number of carbonyl (C=O) groups is 16. The highest BCUT2D eigenvalue weighted by Gasteiger charge is 2.51. The van der Waals surface area contributed by atoms with Crippen LogP contribution in [0.3, 0.4) is 0 Å². The molecule has 41 heteroatoms. The van der Waals surface area contributed by atoms with E-state index < -0.39 is 197 Å². The molecule has 0 bridgehead atoms. The first-order chi connectivity index (χ1) is 70.2. The van der Waals surface area contributed by atoms with Crippen LogP contribution in [0.15, 0.2) is 152 Å². The number of ether oxygens (including phenoxy) is 5. The molecule has 0 spiro atoms. The molecule has 7 aromatic rings. The van der Waals surface area contributed by atoms with Crippen LogP contribution in [-0.2, 0) is 91.3 Å². The van der Waals surface area contributed by atoms with Gasteiger partial charge < -0.3 is 111 Å². The Hall–Kier alpha value is -14.2. The van der Waals surface area contributed by atoms with Gasteiger partial charge in [-0.1, -0.05) is 128 Å². The number of carboxylic acid groups (broad SMARTS) is 2. The van der Waals surface area contributed by atoms with Crippen LogP contribution < -0.4 is 37.1 Å². The van der Waals surface area contributed by atoms with Crippen LogP contribution in [0.25, 0.3) is 0 Å². The van der Waals surface area contributed by atoms with E-state index in [9.17, 15) is 102 Å². The number of esters is 2. The molecule has 8 amide bonds. The van der Waals surface area contributed by atoms with Gasteiger partial charge >= 0.3 is 23.9 Å². The average Bonchev–Trinajstić information content (AvgIpc) is 0.816. The number of pyridine rings is 3. The highest BCUT2D eigenvalue weighted by atomic mass is 16.7. The highest BCUT2D eigenvalue weighted by molar-refractivity contribution is 6.31. The summed E-state index contributed by atoms with van der Waals surface area (Å²) in [6, 6.07) is 24.7. The fraction of sp³-hybridized carbons (Fsp3) is 0.486. The van der Waals surface area contributed by atoms with E-state index >= 15 is 0 Å². The number of nitrogens with two attached hydrogens (primary N) is 1. The fourth-order valence-corrected chi connectivity index (χ4v) is 15.9. The molecular weight excluding hydrogens is 1920 g/mol. The quantitative estimate of drug-likeness (QED) is 0.0128. The number of rotatable bonds is 38. The lowest BCUT2D eigenvalue weighted by Gasteiger charge is -2.43. The maximum absolute atomic E-state index is 14.0. The SMILES string of the molecule is CC.CC(=O)[C@@H]1CCCN1.CC(C)C(=O)O.CCCN(C(=O)[C@@H](C)N)[C@@H](C)C(=O)OCc1ccccc1.CCCN(C(=O)[C@@H](C)NC(=O)c1ccncc1)[C@@H](C)C(=O)NC1CC(O[C@H]2C[C@](O)(C(=O)CO)Cc3c(O)c4c(c(O)c32)C(=O)c2c(OC)cccc2C4=O)OC(C)C1O.CCCN(C(=O)[C@@H](C)NC(=O)c1ccncc1)[C@@H](C)C(=O)O.CCCN(C(=O)[C@@H](C)NC(=O)c1ccncc1)[C@@H](C)C(=O)OCc1ccccc1. The first-order valence-electron chi connectivity index (χ1n) is 49.4. The second kappa shape index (κ2) is 61.4. The molecule has 5 heterocycles. The zero-order valence-corrected chi connectivity index (χ0v) is 87.5. The van der Waals surface area contributed by atoms with Gasteiger partial charge in [-0.2, -0.15) is 0 Å². The Kier molecular flexibility index (Phi) is 51.5. The molecule has 806 valence electrons. The molecule has 2 aliphatic heterocycles. The molecule has 4 aliphatic rings. The highest BCUT2D eigenvalue weighted by Crippen LogP contribution is 2.53. The number of ketones is 4. The molecule has 2 aliphatic carbocycles. The number of phenolic OH excluding ortho intramolecular Hbond substituents is 2. The monoisotopic (exact) mass is 2060 g/mol. The Labute approximate surface area is 862 Å². The second-order valence-corrected chi connectivity index (χ2v) is 35.8. The number of nitrogens with one attached hydrogen (secondary N) is 5. The van der Waals surface area contributed by atoms with E-state index in [0.29, 0.717) is 55.6 Å². The summed E-state index contributed by atoms with van der Waals surface area (Å²) in [5.74, 6) is -10.3. The Morgan fingerprint density at radius 2 is 0.953 bits per heavy atom. The molecule has 14 N–H and O–H groups in total. The third-order valence-electron chi connectivity index (χ3n) is 24.2. The number of aliphatic hydroxyl groups is 3. The van der Waals surface area contributed by atoms with Crippen molar-refractivity contribution in [2.75, 3.05) is 46.4 Å². The maximum Gasteiger partial charge on any atom is 0.328 e. The number of hydrogen-bond donors (Lipinski definition) is 13. The molecular formula is C107H145N13O28. The molecule has 2 fully saturated rings. The minimum Gasteiger partial charge on any atom is -0.507 e. The van der Waals surface area contributed by atoms with Crippen LogP contribution in [0.1, 0.15) is 267 Å². The normalized spacial score (nSPS) is 18.1. The van der Waals surface area contributed by atoms with Crippen molar-refractivity contribution in [3.05, 3.63) is 214 Å². The molecule has 4 unspecified atom stereocenters. The molecule has 0 radical (unpaired) electrons. The minimum absolute atomic E-state index is 0.0406. The standard InChI is InChI=1S/C42H48N4O14.C22H27N3O4.C16H24N2O3.C15H21N3O4.C6H11NO.C4H8O2.C2H6/c1-6-14-46(41(56)19(2)44-40(55)22-10-12-43-13-11-22)20(3)39(54)45-25-15-29(59-21(4)34(25)49)60-27-17-42(57,28(48)18-47)16-24-31(27)38(53)33-32(36(24)51)35(50)23-8-7-9-26(58-5)30(23)37(33)52;1-4-14-25(17(3)22(28)29-15-18-8-6-5-7-9-18)21(27)16(2)24-20(26)19-10-12-23-13-11-19;1-4-10-18(15(19)12(2)17)13(3)16(20)21-11-14-8-6-5-7-9-14;1-4-9-18(11(3)15(21)22)14(20)10(2)17-13(19)12-5-7-16-8-6-12;1-5(8)6-3-2-4-7-6;1-3(2)4(5)6;1-2/h7-13,19-21,25,27,29,34,47,49,51,53,57H,6,14-18H2,1-5H3,(H,44,55)(H,45,54);5-13,16-17H,4,14-15H2,1-3H3,(H,24,26);5-9,12-13H,4,10-11,17H2,1-3H3;5-8,10-11H,4,9H2,1-3H3,(H,17,19)(H,21,22);6-7H,2-4H2,1H3;3H,1-2H3,(H,5,6);1-2H3/t19-,20+,21?,25?,27+,29?,34?,42+;16-,17+;12-,13+;10-,11+;6-;;/m11110../s1. The summed E-state index contributed by atoms with van der Waals surface area (Å²) >= 11 is 0. The van der Waals surface area contributed by atoms with Crippen LogP contribution in [0.2, 0.25) is 0 Å². The lowest BCUT2D eigenvalue weighted by molar-refractivity contribution is -0.249. The number of aliphatic hydroxyl groups excluding tert-OH is 2. The van der Waals surface area contributed by atoms with Crippen molar-refractivity contribution in [2.24, 2.45) is 11.7 Å². The largest absolute Gasteiger partial charge is 0.507 e. The number of aromatic hydroxyl groups is 2. The number of methoxy groups -OCH3 is 1. The number of carboxylic acids is 2. The summed E-state index contributed by atoms with van der Waals surface area (Å²) in [4.78, 5) is 216. The van der Waals surface area contributed by atoms with Gasteiger partial charge in [0, 0.05) is 116 Å². The summed E-state index contributed by atoms with van der Waals surface area (Å²) in [5.41, 5.74) is 4.25. The van der Waals surface area contributed by atoms with Gasteiger partial charge in [-0.05, 0) is 168 Å². The third-order valence-corrected chi connectivity index (χ3v) is 24.2. The molecule has 4 aromatic carbocycles. The van der Waals surface area contributed by atoms with Gasteiger partial charge in [-0.25, -0.2) is 14.4 Å². The van der Waals surface area contributed by atoms with Gasteiger partial charge in [0.15, 0.2) is 17.9 Å². The van der Waals surface area contributed by atoms with Gasteiger partial charge in [-0.15, -0.1) is 0 Å². The van der Waals surface area contributed by atoms with E-state index in [-0.39, 0.29) is 89.6 Å². The lowest BCUT2D eigenvalue weighted by atomic mass is 9.72. The Bertz CT molecular complexity index is 5590. The zero-order valence-electron chi connectivity index (χ0n) is 87.5. The van der Waals surface area contributed by atoms with Crippen LogP contribution in [0.4, 0.5) is 0 Å². The number of hydrogen-bond acceptors (Lipinski definition) is 31. The van der Waals surface area contributed by atoms with Crippen LogP contribution >= 0.6 is 0 Å². The first-order valence-corrected chi connectivity index (χ1v) is 49.4. The van der Waals surface area contributed by atoms with E-state index in [1.54, 1.807) is 67.5 Å². The van der Waals surface area contributed by atoms with Crippen LogP contribution in [0, 0.1) is 5.92 Å². The van der Waals surface area contributed by atoms with Crippen molar-refractivity contribution in [1.82, 2.24) is 61.1 Å². The maximum atomic E-state index is 14.0. The first kappa shape index (κ1) is 124. The molecule has 41 nitrogen and oxygen atoms in total. The zero-order chi connectivity index (χ0) is 111. The Morgan fingerprint density at radius 1 is 0.547 bits per heavy atom. The number of aliphatic carboxylic acids is 2. The summed E-state index contributed by atoms with van der Waals surface area (Å²) in [7, 11) is 1.29. The number of benzene rings is 4. The fourth-order valence-electron chi connectivity index (χ4n) is 15.9. The van der Waals surface area contributed by atoms with Crippen molar-refractivity contribution >= 4 is 94.3 Å². The third kappa shape index (κ3) is 35.3. The number of carbonyl (C=O) groups excluding carboxylic acids is 14. The van der Waals surface area contributed by atoms with Crippen molar-refractivity contribution in [1.29, 1.82) is 0 Å². The van der Waals surface area contributed by atoms with E-state index in [1.807, 2.05) is 102 Å². The van der Waals surface area contributed by atoms with Gasteiger partial charge in [0.05, 0.1) is 60.1 Å². The van der Waals surface area contributed by atoms with Crippen LogP contribution in [0.5, 0.6) is 17.2 Å². The predicted octanol–water partition coefficient (Wildman–Crippen LogP) is 8.27. The summed E-state index contributed by atoms with van der Waals surface area (Å²) in [5, 5.41) is 86.9. The number of nitrogens with zero attached hydrogens (tertiary/aromatic N) is 7. The van der Waals surface area contributed by atoms with Gasteiger partial charge in [0.2, 0.25) is 35.3 Å². The number of phenols is 2. The van der Waals surface area contributed by atoms with Gasteiger partial charge in [0.25, 0.3) is 17.7 Å². The molecule has 3 aromatic heterocycles. The van der Waals surface area contributed by atoms with Crippen molar-refractivity contribution in [3.8, 4) is 17.2 Å². The van der Waals surface area contributed by atoms with E-state index in [0.717, 1.165) is 36.9 Å². The number of amides is 8. The van der Waals surface area contributed by atoms with Gasteiger partial charge in [0.1, 0.15) is 96.9 Å². The number of fused-ring (bicyclic) bond motifs is 3. The van der Waals surface area contributed by atoms with Crippen molar-refractivity contribution < 1.29 is 136 Å². The van der Waals surface area contributed by atoms with Gasteiger partial charge in [-0.3, -0.25) is 77.3 Å². The van der Waals surface area contributed by atoms with E-state index in [2.05, 4.69) is 41.5 Å². The summed E-state index contributed by atoms with van der Waals surface area (Å²) < 4.78 is 28.2. The molecule has 11 rings (SSSR count). The van der Waals surface area contributed by atoms with E-state index in [4.69, 9.17) is 39.6 Å². The summed E-state index contributed by atoms with van der Waals surface area (Å²) in [6.45, 7) is 32.1. The number of Topliss-reactive ketones (excluding diaryl/α,β-unsaturated/α-hetero) is 2. The molecule has 148 heavy (non-hydrogen) atoms. The predicted molar refractivity (Wildman–Crippen MR) is 544 cm³/mol.